The number of thioether (sulfide) groups is 1. The fourth-order valence-electron chi connectivity index (χ4n) is 1.36. The predicted molar refractivity (Wildman–Crippen MR) is 67.2 cm³/mol. The molecule has 3 nitrogen and oxygen atoms in total. The van der Waals surface area contributed by atoms with E-state index in [0.29, 0.717) is 12.4 Å². The number of hydrogen-bond acceptors (Lipinski definition) is 4. The molecule has 0 amide bonds. The third-order valence-corrected chi connectivity index (χ3v) is 3.21. The molecule has 0 aliphatic rings. The zero-order valence-electron chi connectivity index (χ0n) is 9.99. The molecule has 1 rings (SSSR count). The highest BCUT2D eigenvalue weighted by Gasteiger charge is 2.13. The largest absolute Gasteiger partial charge is 0.465 e. The second kappa shape index (κ2) is 7.33. The fraction of sp³-hybridized carbons (Fsp3) is 0.417. The SMILES string of the molecule is CCOC(=O)CSCC(N)c1cc(F)ccc1F. The molecule has 0 saturated carbocycles. The van der Waals surface area contributed by atoms with E-state index in [0.717, 1.165) is 18.2 Å². The molecule has 0 bridgehead atoms. The molecule has 0 aromatic heterocycles. The molecule has 0 heterocycles. The van der Waals surface area contributed by atoms with Gasteiger partial charge in [0.1, 0.15) is 11.6 Å². The first-order valence-corrected chi connectivity index (χ1v) is 6.64. The molecule has 0 saturated heterocycles. The van der Waals surface area contributed by atoms with Crippen LogP contribution in [0.1, 0.15) is 18.5 Å². The summed E-state index contributed by atoms with van der Waals surface area (Å²) >= 11 is 1.23. The van der Waals surface area contributed by atoms with Crippen LogP contribution in [-0.2, 0) is 9.53 Å². The summed E-state index contributed by atoms with van der Waals surface area (Å²) < 4.78 is 31.1. The van der Waals surface area contributed by atoms with Crippen molar-refractivity contribution < 1.29 is 18.3 Å². The summed E-state index contributed by atoms with van der Waals surface area (Å²) in [6, 6.07) is 2.50. The normalized spacial score (nSPS) is 12.2. The summed E-state index contributed by atoms with van der Waals surface area (Å²) in [5.74, 6) is -0.940. The van der Waals surface area contributed by atoms with Crippen LogP contribution in [0.15, 0.2) is 18.2 Å². The number of benzene rings is 1. The minimum atomic E-state index is -0.653. The fourth-order valence-corrected chi connectivity index (χ4v) is 2.16. The lowest BCUT2D eigenvalue weighted by molar-refractivity contribution is -0.139. The molecule has 100 valence electrons. The van der Waals surface area contributed by atoms with Crippen LogP contribution < -0.4 is 5.73 Å². The van der Waals surface area contributed by atoms with E-state index in [4.69, 9.17) is 10.5 Å². The minimum Gasteiger partial charge on any atom is -0.465 e. The van der Waals surface area contributed by atoms with Crippen LogP contribution >= 0.6 is 11.8 Å². The van der Waals surface area contributed by atoms with Gasteiger partial charge in [0.25, 0.3) is 0 Å². The smallest absolute Gasteiger partial charge is 0.315 e. The van der Waals surface area contributed by atoms with Gasteiger partial charge < -0.3 is 10.5 Å². The Morgan fingerprint density at radius 1 is 1.50 bits per heavy atom. The zero-order chi connectivity index (χ0) is 13.5. The molecular weight excluding hydrogens is 260 g/mol. The van der Waals surface area contributed by atoms with Crippen molar-refractivity contribution in [2.75, 3.05) is 18.1 Å². The van der Waals surface area contributed by atoms with Crippen molar-refractivity contribution in [1.29, 1.82) is 0 Å². The van der Waals surface area contributed by atoms with E-state index in [2.05, 4.69) is 0 Å². The number of hydrogen-bond donors (Lipinski definition) is 1. The first kappa shape index (κ1) is 14.9. The highest BCUT2D eigenvalue weighted by molar-refractivity contribution is 7.99. The second-order valence-corrected chi connectivity index (χ2v) is 4.62. The van der Waals surface area contributed by atoms with E-state index >= 15 is 0 Å². The molecule has 0 radical (unpaired) electrons. The number of carbonyl (C=O) groups excluding carboxylic acids is 1. The molecule has 18 heavy (non-hydrogen) atoms. The van der Waals surface area contributed by atoms with E-state index in [1.165, 1.54) is 11.8 Å². The van der Waals surface area contributed by atoms with Gasteiger partial charge >= 0.3 is 5.97 Å². The third-order valence-electron chi connectivity index (χ3n) is 2.18. The van der Waals surface area contributed by atoms with Crippen LogP contribution in [0.3, 0.4) is 0 Å². The van der Waals surface area contributed by atoms with Gasteiger partial charge in [-0.05, 0) is 25.1 Å². The highest BCUT2D eigenvalue weighted by atomic mass is 32.2. The molecule has 0 fully saturated rings. The predicted octanol–water partition coefficient (Wildman–Crippen LogP) is 2.26. The van der Waals surface area contributed by atoms with Gasteiger partial charge in [0.2, 0.25) is 0 Å². The Bertz CT molecular complexity index is 415. The maximum atomic E-state index is 13.4. The maximum Gasteiger partial charge on any atom is 0.315 e. The summed E-state index contributed by atoms with van der Waals surface area (Å²) in [6.07, 6.45) is 0. The minimum absolute atomic E-state index is 0.117. The van der Waals surface area contributed by atoms with Crippen molar-refractivity contribution in [1.82, 2.24) is 0 Å². The van der Waals surface area contributed by atoms with E-state index in [-0.39, 0.29) is 17.3 Å². The van der Waals surface area contributed by atoms with Crippen LogP contribution in [0.2, 0.25) is 0 Å². The highest BCUT2D eigenvalue weighted by Crippen LogP contribution is 2.20. The maximum absolute atomic E-state index is 13.4. The summed E-state index contributed by atoms with van der Waals surface area (Å²) in [5, 5.41) is 0. The lowest BCUT2D eigenvalue weighted by Crippen LogP contribution is -2.17. The molecule has 0 aliphatic heterocycles. The molecule has 1 aromatic rings. The first-order chi connectivity index (χ1) is 8.54. The van der Waals surface area contributed by atoms with Crippen LogP contribution in [0.25, 0.3) is 0 Å². The average Bonchev–Trinajstić information content (AvgIpc) is 2.32. The first-order valence-electron chi connectivity index (χ1n) is 5.48. The Balaban J connectivity index is 2.47. The van der Waals surface area contributed by atoms with Crippen LogP contribution in [0, 0.1) is 11.6 Å². The molecule has 0 spiro atoms. The van der Waals surface area contributed by atoms with Crippen LogP contribution in [0.4, 0.5) is 8.78 Å². The van der Waals surface area contributed by atoms with Gasteiger partial charge in [-0.25, -0.2) is 8.78 Å². The number of carbonyl (C=O) groups is 1. The zero-order valence-corrected chi connectivity index (χ0v) is 10.8. The van der Waals surface area contributed by atoms with Gasteiger partial charge in [-0.15, -0.1) is 11.8 Å². The van der Waals surface area contributed by atoms with Gasteiger partial charge in [-0.3, -0.25) is 4.79 Å². The second-order valence-electron chi connectivity index (χ2n) is 3.59. The number of nitrogens with two attached hydrogens (primary N) is 1. The van der Waals surface area contributed by atoms with Crippen molar-refractivity contribution >= 4 is 17.7 Å². The van der Waals surface area contributed by atoms with Crippen molar-refractivity contribution in [3.63, 3.8) is 0 Å². The molecule has 0 aliphatic carbocycles. The lowest BCUT2D eigenvalue weighted by atomic mass is 10.1. The van der Waals surface area contributed by atoms with E-state index in [1.807, 2.05) is 0 Å². The topological polar surface area (TPSA) is 52.3 Å². The van der Waals surface area contributed by atoms with Gasteiger partial charge in [0.15, 0.2) is 0 Å². The van der Waals surface area contributed by atoms with E-state index in [1.54, 1.807) is 6.92 Å². The molecule has 2 N–H and O–H groups in total. The van der Waals surface area contributed by atoms with E-state index in [9.17, 15) is 13.6 Å². The van der Waals surface area contributed by atoms with Crippen molar-refractivity contribution in [3.05, 3.63) is 35.4 Å². The number of rotatable bonds is 6. The number of halogens is 2. The Kier molecular flexibility index (Phi) is 6.07. The lowest BCUT2D eigenvalue weighted by Gasteiger charge is -2.12. The van der Waals surface area contributed by atoms with Gasteiger partial charge in [0.05, 0.1) is 12.4 Å². The van der Waals surface area contributed by atoms with Crippen molar-refractivity contribution in [2.45, 2.75) is 13.0 Å². The summed E-state index contributed by atoms with van der Waals surface area (Å²) in [6.45, 7) is 2.04. The van der Waals surface area contributed by atoms with Crippen molar-refractivity contribution in [3.8, 4) is 0 Å². The van der Waals surface area contributed by atoms with Crippen LogP contribution in [0.5, 0.6) is 0 Å². The number of ether oxygens (including phenoxy) is 1. The molecule has 1 aromatic carbocycles. The Hall–Kier alpha value is -1.14. The quantitative estimate of drug-likeness (QED) is 0.809. The third kappa shape index (κ3) is 4.62. The molecule has 1 atom stereocenters. The van der Waals surface area contributed by atoms with Crippen LogP contribution in [-0.4, -0.2) is 24.1 Å². The Labute approximate surface area is 109 Å². The molecular formula is C12H15F2NO2S. The summed E-state index contributed by atoms with van der Waals surface area (Å²) in [4.78, 5) is 11.1. The van der Waals surface area contributed by atoms with Gasteiger partial charge in [-0.2, -0.15) is 0 Å². The summed E-state index contributed by atoms with van der Waals surface area (Å²) in [5.41, 5.74) is 5.86. The standard InChI is InChI=1S/C12H15F2NO2S/c1-2-17-12(16)7-18-6-11(15)9-5-8(13)3-4-10(9)14/h3-5,11H,2,6-7,15H2,1H3. The van der Waals surface area contributed by atoms with Gasteiger partial charge in [-0.1, -0.05) is 0 Å². The molecule has 1 unspecified atom stereocenters. The Morgan fingerprint density at radius 2 is 2.22 bits per heavy atom. The van der Waals surface area contributed by atoms with Crippen molar-refractivity contribution in [2.24, 2.45) is 5.73 Å². The molecule has 6 heteroatoms. The summed E-state index contributed by atoms with van der Waals surface area (Å²) in [7, 11) is 0. The van der Waals surface area contributed by atoms with Gasteiger partial charge in [0, 0.05) is 17.4 Å². The average molecular weight is 275 g/mol. The van der Waals surface area contributed by atoms with E-state index < -0.39 is 17.7 Å². The number of esters is 1. The Morgan fingerprint density at radius 3 is 2.89 bits per heavy atom. The monoisotopic (exact) mass is 275 g/mol.